The normalized spacial score (nSPS) is 25.1. The molecule has 1 aromatic heterocycles. The van der Waals surface area contributed by atoms with Crippen molar-refractivity contribution in [1.29, 1.82) is 0 Å². The number of carboxylic acids is 1. The Kier molecular flexibility index (Phi) is 3.01. The number of aromatic nitrogens is 1. The largest absolute Gasteiger partial charge is 0.477 e. The maximum atomic E-state index is 14.8. The zero-order valence-electron chi connectivity index (χ0n) is 13.5. The number of benzene rings is 1. The third-order valence-electron chi connectivity index (χ3n) is 5.64. The number of carboxylic acid groups (broad SMARTS) is 1. The predicted molar refractivity (Wildman–Crippen MR) is 90.9 cm³/mol. The minimum atomic E-state index is -1.27. The van der Waals surface area contributed by atoms with Gasteiger partial charge in [-0.2, -0.15) is 0 Å². The molecule has 2 bridgehead atoms. The smallest absolute Gasteiger partial charge is 0.341 e. The number of anilines is 1. The van der Waals surface area contributed by atoms with Gasteiger partial charge in [0.25, 0.3) is 0 Å². The molecule has 3 aliphatic rings. The molecule has 25 heavy (non-hydrogen) atoms. The molecule has 6 nitrogen and oxygen atoms in total. The molecule has 1 aromatic carbocycles. The highest BCUT2D eigenvalue weighted by atomic mass is 19.1. The zero-order chi connectivity index (χ0) is 17.3. The second-order valence-electron chi connectivity index (χ2n) is 7.28. The van der Waals surface area contributed by atoms with Gasteiger partial charge in [-0.1, -0.05) is 0 Å². The highest BCUT2D eigenvalue weighted by Gasteiger charge is 2.39. The number of nitrogens with one attached hydrogen (secondary N) is 1. The van der Waals surface area contributed by atoms with Crippen molar-refractivity contribution in [2.75, 3.05) is 18.0 Å². The molecule has 1 saturated carbocycles. The van der Waals surface area contributed by atoms with Crippen LogP contribution in [-0.4, -0.2) is 40.8 Å². The number of hydrogen-bond donors (Lipinski definition) is 2. The summed E-state index contributed by atoms with van der Waals surface area (Å²) in [6.07, 6.45) is 4.32. The average molecular weight is 343 g/mol. The Balaban J connectivity index is 1.73. The summed E-state index contributed by atoms with van der Waals surface area (Å²) in [5.74, 6) is -1.73. The first-order chi connectivity index (χ1) is 12.0. The molecular weight excluding hydrogens is 325 g/mol. The highest BCUT2D eigenvalue weighted by Crippen LogP contribution is 2.39. The monoisotopic (exact) mass is 343 g/mol. The van der Waals surface area contributed by atoms with Crippen LogP contribution in [0.25, 0.3) is 10.9 Å². The van der Waals surface area contributed by atoms with Crippen LogP contribution in [0.3, 0.4) is 0 Å². The van der Waals surface area contributed by atoms with Gasteiger partial charge in [0, 0.05) is 42.8 Å². The summed E-state index contributed by atoms with van der Waals surface area (Å²) in [6, 6.07) is 3.81. The van der Waals surface area contributed by atoms with E-state index in [1.807, 2.05) is 4.57 Å². The van der Waals surface area contributed by atoms with Crippen LogP contribution < -0.4 is 15.6 Å². The van der Waals surface area contributed by atoms with Crippen molar-refractivity contribution >= 4 is 22.6 Å². The number of nitrogens with zero attached hydrogens (tertiary/aromatic N) is 2. The SMILES string of the molecule is O=C(O)c1cn(C2CC2)c2cc(N3C[C@@H]4C[C@H]3CN4)c(F)cc2c1=O. The topological polar surface area (TPSA) is 74.6 Å². The molecular formula is C18H18FN3O3. The van der Waals surface area contributed by atoms with Gasteiger partial charge in [-0.05, 0) is 31.4 Å². The molecule has 3 fully saturated rings. The summed E-state index contributed by atoms with van der Waals surface area (Å²) >= 11 is 0. The highest BCUT2D eigenvalue weighted by molar-refractivity contribution is 5.93. The van der Waals surface area contributed by atoms with Gasteiger partial charge in [-0.25, -0.2) is 9.18 Å². The molecule has 2 N–H and O–H groups in total. The van der Waals surface area contributed by atoms with Crippen LogP contribution in [0.15, 0.2) is 23.1 Å². The fourth-order valence-corrected chi connectivity index (χ4v) is 4.24. The van der Waals surface area contributed by atoms with Crippen LogP contribution in [0.2, 0.25) is 0 Å². The van der Waals surface area contributed by atoms with E-state index in [-0.39, 0.29) is 23.0 Å². The van der Waals surface area contributed by atoms with E-state index in [0.29, 0.717) is 17.2 Å². The van der Waals surface area contributed by atoms with E-state index >= 15 is 0 Å². The van der Waals surface area contributed by atoms with Crippen LogP contribution >= 0.6 is 0 Å². The third kappa shape index (κ3) is 2.18. The second kappa shape index (κ2) is 5.05. The lowest BCUT2D eigenvalue weighted by molar-refractivity contribution is 0.0695. The number of halogens is 1. The summed E-state index contributed by atoms with van der Waals surface area (Å²) in [6.45, 7) is 1.60. The fourth-order valence-electron chi connectivity index (χ4n) is 4.24. The van der Waals surface area contributed by atoms with Gasteiger partial charge in [0.15, 0.2) is 0 Å². The lowest BCUT2D eigenvalue weighted by Gasteiger charge is -2.30. The molecule has 0 spiro atoms. The molecule has 130 valence electrons. The van der Waals surface area contributed by atoms with E-state index in [1.165, 1.54) is 12.3 Å². The van der Waals surface area contributed by atoms with Crippen LogP contribution in [-0.2, 0) is 0 Å². The maximum absolute atomic E-state index is 14.8. The van der Waals surface area contributed by atoms with E-state index in [0.717, 1.165) is 32.4 Å². The van der Waals surface area contributed by atoms with Crippen molar-refractivity contribution < 1.29 is 14.3 Å². The van der Waals surface area contributed by atoms with Crippen molar-refractivity contribution in [2.24, 2.45) is 0 Å². The number of aromatic carboxylic acids is 1. The first-order valence-corrected chi connectivity index (χ1v) is 8.64. The van der Waals surface area contributed by atoms with Crippen molar-refractivity contribution in [2.45, 2.75) is 37.4 Å². The van der Waals surface area contributed by atoms with Crippen LogP contribution in [0.4, 0.5) is 10.1 Å². The van der Waals surface area contributed by atoms with Crippen LogP contribution in [0.5, 0.6) is 0 Å². The van der Waals surface area contributed by atoms with Gasteiger partial charge < -0.3 is 19.9 Å². The zero-order valence-corrected chi connectivity index (χ0v) is 13.5. The minimum absolute atomic E-state index is 0.149. The van der Waals surface area contributed by atoms with Gasteiger partial charge in [0.05, 0.1) is 11.2 Å². The van der Waals surface area contributed by atoms with E-state index < -0.39 is 17.2 Å². The Morgan fingerprint density at radius 3 is 2.68 bits per heavy atom. The molecule has 0 unspecified atom stereocenters. The standard InChI is InChI=1S/C18H18FN3O3/c19-14-4-12-15(5-16(14)21-7-9-3-11(21)6-20-9)22(10-1-2-10)8-13(17(12)23)18(24)25/h4-5,8-11,20H,1-3,6-7H2,(H,24,25)/t9-,11-/m0/s1. The lowest BCUT2D eigenvalue weighted by atomic mass is 10.1. The number of pyridine rings is 1. The first kappa shape index (κ1) is 14.9. The molecule has 2 aromatic rings. The molecule has 2 atom stereocenters. The van der Waals surface area contributed by atoms with Gasteiger partial charge in [-0.3, -0.25) is 4.79 Å². The molecule has 0 radical (unpaired) electrons. The summed E-state index contributed by atoms with van der Waals surface area (Å²) in [5.41, 5.74) is 0.230. The van der Waals surface area contributed by atoms with E-state index in [1.54, 1.807) is 6.07 Å². The summed E-state index contributed by atoms with van der Waals surface area (Å²) in [5, 5.41) is 12.8. The number of piperazine rings is 1. The minimum Gasteiger partial charge on any atom is -0.477 e. The summed E-state index contributed by atoms with van der Waals surface area (Å²) in [7, 11) is 0. The summed E-state index contributed by atoms with van der Waals surface area (Å²) in [4.78, 5) is 26.0. The number of fused-ring (bicyclic) bond motifs is 3. The van der Waals surface area contributed by atoms with E-state index in [2.05, 4.69) is 10.2 Å². The van der Waals surface area contributed by atoms with E-state index in [9.17, 15) is 19.1 Å². The third-order valence-corrected chi connectivity index (χ3v) is 5.64. The number of rotatable bonds is 3. The van der Waals surface area contributed by atoms with Crippen molar-refractivity contribution in [1.82, 2.24) is 9.88 Å². The second-order valence-corrected chi connectivity index (χ2v) is 7.28. The Labute approximate surface area is 142 Å². The maximum Gasteiger partial charge on any atom is 0.341 e. The fraction of sp³-hybridized carbons (Fsp3) is 0.444. The van der Waals surface area contributed by atoms with E-state index in [4.69, 9.17) is 0 Å². The number of carbonyl (C=O) groups is 1. The van der Waals surface area contributed by atoms with Crippen molar-refractivity contribution in [3.05, 3.63) is 39.9 Å². The molecule has 3 heterocycles. The van der Waals surface area contributed by atoms with Gasteiger partial charge in [0.2, 0.25) is 5.43 Å². The molecule has 0 amide bonds. The van der Waals surface area contributed by atoms with Crippen molar-refractivity contribution in [3.8, 4) is 0 Å². The van der Waals surface area contributed by atoms with Gasteiger partial charge in [-0.15, -0.1) is 0 Å². The van der Waals surface area contributed by atoms with Gasteiger partial charge in [0.1, 0.15) is 11.4 Å². The average Bonchev–Trinajstić information content (AvgIpc) is 3.21. The quantitative estimate of drug-likeness (QED) is 0.888. The van der Waals surface area contributed by atoms with Crippen LogP contribution in [0.1, 0.15) is 35.7 Å². The van der Waals surface area contributed by atoms with Crippen LogP contribution in [0, 0.1) is 5.82 Å². The Morgan fingerprint density at radius 2 is 2.08 bits per heavy atom. The number of hydrogen-bond acceptors (Lipinski definition) is 4. The molecule has 2 aliphatic heterocycles. The van der Waals surface area contributed by atoms with Crippen molar-refractivity contribution in [3.63, 3.8) is 0 Å². The summed E-state index contributed by atoms with van der Waals surface area (Å²) < 4.78 is 16.6. The first-order valence-electron chi connectivity index (χ1n) is 8.64. The molecule has 7 heteroatoms. The Hall–Kier alpha value is -2.41. The predicted octanol–water partition coefficient (Wildman–Crippen LogP) is 1.72. The molecule has 1 aliphatic carbocycles. The lowest BCUT2D eigenvalue weighted by Crippen LogP contribution is -2.44. The Morgan fingerprint density at radius 1 is 1.28 bits per heavy atom. The van der Waals surface area contributed by atoms with Gasteiger partial charge >= 0.3 is 5.97 Å². The molecule has 5 rings (SSSR count). The molecule has 2 saturated heterocycles. The Bertz CT molecular complexity index is 966.